The van der Waals surface area contributed by atoms with Crippen LogP contribution in [0.3, 0.4) is 0 Å². The highest BCUT2D eigenvalue weighted by Gasteiger charge is 2.14. The molecule has 0 spiro atoms. The molecule has 0 heterocycles. The topological polar surface area (TPSA) is 79.8 Å². The van der Waals surface area contributed by atoms with Gasteiger partial charge in [-0.2, -0.15) is 5.10 Å². The summed E-state index contributed by atoms with van der Waals surface area (Å²) in [6.07, 6.45) is 1.50. The first-order chi connectivity index (χ1) is 16.5. The molecule has 0 aliphatic carbocycles. The summed E-state index contributed by atoms with van der Waals surface area (Å²) in [5.41, 5.74) is 6.59. The maximum atomic E-state index is 12.3. The molecule has 0 atom stereocenters. The number of fused-ring (bicyclic) bond motifs is 1. The van der Waals surface area contributed by atoms with Gasteiger partial charge >= 0.3 is 11.8 Å². The third kappa shape index (κ3) is 5.48. The fourth-order valence-electron chi connectivity index (χ4n) is 3.61. The quantitative estimate of drug-likeness (QED) is 0.242. The van der Waals surface area contributed by atoms with E-state index < -0.39 is 11.8 Å². The number of carbonyl (C=O) groups excluding carboxylic acids is 2. The summed E-state index contributed by atoms with van der Waals surface area (Å²) in [5.74, 6) is -1.02. The molecule has 0 saturated heterocycles. The zero-order valence-electron chi connectivity index (χ0n) is 19.0. The van der Waals surface area contributed by atoms with Crippen molar-refractivity contribution in [2.24, 2.45) is 5.10 Å². The van der Waals surface area contributed by atoms with Gasteiger partial charge in [0.1, 0.15) is 12.4 Å². The number of nitrogens with one attached hydrogen (secondary N) is 2. The molecule has 4 rings (SSSR count). The van der Waals surface area contributed by atoms with Crippen molar-refractivity contribution >= 4 is 34.5 Å². The summed E-state index contributed by atoms with van der Waals surface area (Å²) >= 11 is 0. The second-order valence-corrected chi connectivity index (χ2v) is 7.94. The van der Waals surface area contributed by atoms with Crippen LogP contribution in [0.1, 0.15) is 22.3 Å². The molecule has 4 aromatic carbocycles. The normalized spacial score (nSPS) is 10.9. The van der Waals surface area contributed by atoms with Crippen LogP contribution < -0.4 is 15.5 Å². The molecular formula is C28H25N3O3. The number of benzene rings is 4. The van der Waals surface area contributed by atoms with Crippen LogP contribution in [-0.2, 0) is 16.2 Å². The highest BCUT2D eigenvalue weighted by atomic mass is 16.5. The van der Waals surface area contributed by atoms with Crippen molar-refractivity contribution < 1.29 is 14.3 Å². The first-order valence-electron chi connectivity index (χ1n) is 10.9. The van der Waals surface area contributed by atoms with Gasteiger partial charge < -0.3 is 10.1 Å². The minimum atomic E-state index is -0.858. The number of hydrazone groups is 1. The number of amides is 2. The number of aryl methyl sites for hydroxylation is 2. The second-order valence-electron chi connectivity index (χ2n) is 7.94. The van der Waals surface area contributed by atoms with E-state index in [-0.39, 0.29) is 0 Å². The Hall–Kier alpha value is -4.45. The Morgan fingerprint density at radius 3 is 2.44 bits per heavy atom. The molecule has 4 aromatic rings. The van der Waals surface area contributed by atoms with E-state index in [1.165, 1.54) is 6.21 Å². The molecule has 2 amide bonds. The zero-order chi connectivity index (χ0) is 23.9. The molecule has 0 unspecified atom stereocenters. The lowest BCUT2D eigenvalue weighted by Crippen LogP contribution is -2.32. The van der Waals surface area contributed by atoms with Gasteiger partial charge in [-0.05, 0) is 47.9 Å². The number of rotatable bonds is 6. The number of carbonyl (C=O) groups is 2. The zero-order valence-corrected chi connectivity index (χ0v) is 19.0. The van der Waals surface area contributed by atoms with Crippen molar-refractivity contribution in [3.8, 4) is 5.75 Å². The third-order valence-electron chi connectivity index (χ3n) is 5.36. The van der Waals surface area contributed by atoms with Gasteiger partial charge in [0.25, 0.3) is 0 Å². The van der Waals surface area contributed by atoms with E-state index in [2.05, 4.69) is 15.8 Å². The van der Waals surface area contributed by atoms with Crippen LogP contribution in [0.15, 0.2) is 90.0 Å². The van der Waals surface area contributed by atoms with Crippen LogP contribution in [0.2, 0.25) is 0 Å². The van der Waals surface area contributed by atoms with Gasteiger partial charge in [0.05, 0.1) is 6.21 Å². The summed E-state index contributed by atoms with van der Waals surface area (Å²) < 4.78 is 6.05. The lowest BCUT2D eigenvalue weighted by Gasteiger charge is -2.12. The minimum Gasteiger partial charge on any atom is -0.488 e. The summed E-state index contributed by atoms with van der Waals surface area (Å²) in [6, 6.07) is 27.1. The van der Waals surface area contributed by atoms with Gasteiger partial charge in [0.2, 0.25) is 0 Å². The third-order valence-corrected chi connectivity index (χ3v) is 5.36. The second kappa shape index (κ2) is 10.4. The summed E-state index contributed by atoms with van der Waals surface area (Å²) in [7, 11) is 0. The van der Waals surface area contributed by atoms with Crippen LogP contribution in [0.25, 0.3) is 10.8 Å². The summed E-state index contributed by atoms with van der Waals surface area (Å²) in [6.45, 7) is 4.23. The lowest BCUT2D eigenvalue weighted by molar-refractivity contribution is -0.136. The first kappa shape index (κ1) is 22.7. The van der Waals surface area contributed by atoms with Gasteiger partial charge in [0, 0.05) is 11.3 Å². The predicted octanol–water partition coefficient (Wildman–Crippen LogP) is 5.12. The van der Waals surface area contributed by atoms with Gasteiger partial charge in [-0.1, -0.05) is 78.4 Å². The van der Waals surface area contributed by atoms with E-state index in [0.29, 0.717) is 23.6 Å². The molecule has 0 fully saturated rings. The van der Waals surface area contributed by atoms with E-state index in [4.69, 9.17) is 4.74 Å². The maximum Gasteiger partial charge on any atom is 0.329 e. The van der Waals surface area contributed by atoms with Crippen molar-refractivity contribution in [1.82, 2.24) is 5.43 Å². The van der Waals surface area contributed by atoms with E-state index in [1.54, 1.807) is 6.07 Å². The molecule has 0 saturated carbocycles. The average Bonchev–Trinajstić information content (AvgIpc) is 2.85. The van der Waals surface area contributed by atoms with Crippen LogP contribution in [0.5, 0.6) is 5.75 Å². The molecule has 2 N–H and O–H groups in total. The molecule has 0 aliphatic heterocycles. The van der Waals surface area contributed by atoms with Crippen LogP contribution >= 0.6 is 0 Å². The largest absolute Gasteiger partial charge is 0.488 e. The molecule has 170 valence electrons. The first-order valence-corrected chi connectivity index (χ1v) is 10.9. The molecule has 34 heavy (non-hydrogen) atoms. The Balaban J connectivity index is 1.50. The maximum absolute atomic E-state index is 12.3. The van der Waals surface area contributed by atoms with Crippen LogP contribution in [0.4, 0.5) is 5.69 Å². The van der Waals surface area contributed by atoms with Crippen molar-refractivity contribution in [2.75, 3.05) is 5.32 Å². The number of hydrogen-bond donors (Lipinski definition) is 2. The lowest BCUT2D eigenvalue weighted by atomic mass is 10.0. The molecule has 0 radical (unpaired) electrons. The fraction of sp³-hybridized carbons (Fsp3) is 0.107. The number of anilines is 1. The summed E-state index contributed by atoms with van der Waals surface area (Å²) in [5, 5.41) is 8.59. The minimum absolute atomic E-state index is 0.394. The standard InChI is InChI=1S/C28H25N3O3/c1-19-12-14-25(20(2)16-19)30-27(32)28(33)31-29-17-24-23-11-7-6-10-22(23)13-15-26(24)34-18-21-8-4-3-5-9-21/h3-17H,18H2,1-2H3,(H,30,32)(H,31,33). The van der Waals surface area contributed by atoms with Crippen molar-refractivity contribution in [1.29, 1.82) is 0 Å². The Morgan fingerprint density at radius 2 is 1.65 bits per heavy atom. The Morgan fingerprint density at radius 1 is 0.882 bits per heavy atom. The summed E-state index contributed by atoms with van der Waals surface area (Å²) in [4.78, 5) is 24.6. The highest BCUT2D eigenvalue weighted by molar-refractivity contribution is 6.39. The molecule has 0 bridgehead atoms. The Bertz CT molecular complexity index is 1360. The van der Waals surface area contributed by atoms with Gasteiger partial charge in [-0.25, -0.2) is 5.43 Å². The monoisotopic (exact) mass is 451 g/mol. The molecule has 6 nitrogen and oxygen atoms in total. The molecular weight excluding hydrogens is 426 g/mol. The highest BCUT2D eigenvalue weighted by Crippen LogP contribution is 2.27. The van der Waals surface area contributed by atoms with Crippen molar-refractivity contribution in [3.05, 3.63) is 107 Å². The van der Waals surface area contributed by atoms with E-state index in [1.807, 2.05) is 92.7 Å². The number of nitrogens with zero attached hydrogens (tertiary/aromatic N) is 1. The SMILES string of the molecule is Cc1ccc(NC(=O)C(=O)NN=Cc2c(OCc3ccccc3)ccc3ccccc23)c(C)c1. The molecule has 0 aliphatic rings. The van der Waals surface area contributed by atoms with E-state index >= 15 is 0 Å². The average molecular weight is 452 g/mol. The van der Waals surface area contributed by atoms with Crippen molar-refractivity contribution in [2.45, 2.75) is 20.5 Å². The number of hydrogen-bond acceptors (Lipinski definition) is 4. The van der Waals surface area contributed by atoms with Gasteiger partial charge in [-0.15, -0.1) is 0 Å². The van der Waals surface area contributed by atoms with E-state index in [9.17, 15) is 9.59 Å². The molecule has 6 heteroatoms. The fourth-order valence-corrected chi connectivity index (χ4v) is 3.61. The van der Waals surface area contributed by atoms with Crippen LogP contribution in [0, 0.1) is 13.8 Å². The number of ether oxygens (including phenoxy) is 1. The predicted molar refractivity (Wildman–Crippen MR) is 135 cm³/mol. The van der Waals surface area contributed by atoms with Crippen LogP contribution in [-0.4, -0.2) is 18.0 Å². The Kier molecular flexibility index (Phi) is 6.98. The van der Waals surface area contributed by atoms with E-state index in [0.717, 1.165) is 27.5 Å². The molecule has 0 aromatic heterocycles. The Labute approximate surface area is 198 Å². The smallest absolute Gasteiger partial charge is 0.329 e. The van der Waals surface area contributed by atoms with Gasteiger partial charge in [-0.3, -0.25) is 9.59 Å². The van der Waals surface area contributed by atoms with Gasteiger partial charge in [0.15, 0.2) is 0 Å². The van der Waals surface area contributed by atoms with Crippen molar-refractivity contribution in [3.63, 3.8) is 0 Å².